The molecular formula is C10H16N2O4. The van der Waals surface area contributed by atoms with E-state index in [0.29, 0.717) is 0 Å². The molecule has 0 aromatic heterocycles. The third-order valence-corrected chi connectivity index (χ3v) is 2.83. The van der Waals surface area contributed by atoms with E-state index in [0.717, 1.165) is 0 Å². The molecule has 16 heavy (non-hydrogen) atoms. The molecule has 0 bridgehead atoms. The van der Waals surface area contributed by atoms with Crippen LogP contribution in [0.1, 0.15) is 27.7 Å². The Hall–Kier alpha value is -1.59. The lowest BCUT2D eigenvalue weighted by molar-refractivity contribution is -0.148. The molecule has 1 aliphatic rings. The molecule has 0 atom stereocenters. The fourth-order valence-electron chi connectivity index (χ4n) is 1.43. The number of carboxylic acids is 1. The maximum atomic E-state index is 11.5. The highest BCUT2D eigenvalue weighted by Crippen LogP contribution is 2.26. The summed E-state index contributed by atoms with van der Waals surface area (Å²) in [5, 5.41) is 11.2. The standard InChI is InChI=1S/C10H16N2O4/c1-9(2,7(14)15)5-12-8(16)11-6(13)10(12,3)4/h5H2,1-4H3,(H,14,15)(H,11,13,16). The second-order valence-electron chi connectivity index (χ2n) is 5.09. The highest BCUT2D eigenvalue weighted by Gasteiger charge is 2.48. The largest absolute Gasteiger partial charge is 0.481 e. The van der Waals surface area contributed by atoms with Gasteiger partial charge in [-0.2, -0.15) is 0 Å². The highest BCUT2D eigenvalue weighted by atomic mass is 16.4. The molecule has 0 aromatic carbocycles. The third-order valence-electron chi connectivity index (χ3n) is 2.83. The zero-order valence-electron chi connectivity index (χ0n) is 9.83. The van der Waals surface area contributed by atoms with Crippen LogP contribution in [0.3, 0.4) is 0 Å². The average Bonchev–Trinajstić information content (AvgIpc) is 2.28. The number of hydrogen-bond acceptors (Lipinski definition) is 3. The zero-order chi connectivity index (χ0) is 12.7. The lowest BCUT2D eigenvalue weighted by Crippen LogP contribution is -2.50. The molecule has 6 nitrogen and oxygen atoms in total. The van der Waals surface area contributed by atoms with Crippen molar-refractivity contribution < 1.29 is 19.5 Å². The zero-order valence-corrected chi connectivity index (χ0v) is 9.83. The van der Waals surface area contributed by atoms with Crippen LogP contribution in [0.2, 0.25) is 0 Å². The van der Waals surface area contributed by atoms with Gasteiger partial charge in [0.25, 0.3) is 5.91 Å². The summed E-state index contributed by atoms with van der Waals surface area (Å²) < 4.78 is 0. The fraction of sp³-hybridized carbons (Fsp3) is 0.700. The summed E-state index contributed by atoms with van der Waals surface area (Å²) in [5.74, 6) is -1.41. The summed E-state index contributed by atoms with van der Waals surface area (Å²) in [6.45, 7) is 6.20. The van der Waals surface area contributed by atoms with E-state index in [9.17, 15) is 14.4 Å². The van der Waals surface area contributed by atoms with Gasteiger partial charge in [0, 0.05) is 6.54 Å². The topological polar surface area (TPSA) is 86.7 Å². The first kappa shape index (κ1) is 12.5. The SMILES string of the molecule is CC(C)(CN1C(=O)NC(=O)C1(C)C)C(=O)O. The van der Waals surface area contributed by atoms with Gasteiger partial charge in [-0.3, -0.25) is 14.9 Å². The molecule has 0 saturated carbocycles. The van der Waals surface area contributed by atoms with Crippen molar-refractivity contribution in [1.29, 1.82) is 0 Å². The summed E-state index contributed by atoms with van der Waals surface area (Å²) >= 11 is 0. The maximum Gasteiger partial charge on any atom is 0.325 e. The van der Waals surface area contributed by atoms with Crippen LogP contribution in [0.25, 0.3) is 0 Å². The van der Waals surface area contributed by atoms with Crippen molar-refractivity contribution in [1.82, 2.24) is 10.2 Å². The number of nitrogens with zero attached hydrogens (tertiary/aromatic N) is 1. The Kier molecular flexibility index (Phi) is 2.70. The minimum Gasteiger partial charge on any atom is -0.481 e. The Balaban J connectivity index is 2.94. The van der Waals surface area contributed by atoms with Gasteiger partial charge in [0.1, 0.15) is 5.54 Å². The summed E-state index contributed by atoms with van der Waals surface area (Å²) in [6.07, 6.45) is 0. The number of nitrogens with one attached hydrogen (secondary N) is 1. The van der Waals surface area contributed by atoms with Crippen molar-refractivity contribution >= 4 is 17.9 Å². The van der Waals surface area contributed by atoms with Crippen molar-refractivity contribution in [3.8, 4) is 0 Å². The fourth-order valence-corrected chi connectivity index (χ4v) is 1.43. The Labute approximate surface area is 93.6 Å². The maximum absolute atomic E-state index is 11.5. The monoisotopic (exact) mass is 228 g/mol. The predicted octanol–water partition coefficient (Wildman–Crippen LogP) is 0.428. The minimum absolute atomic E-state index is 0.00704. The van der Waals surface area contributed by atoms with E-state index in [1.54, 1.807) is 13.8 Å². The molecule has 90 valence electrons. The first-order chi connectivity index (χ1) is 7.09. The predicted molar refractivity (Wildman–Crippen MR) is 55.7 cm³/mol. The lowest BCUT2D eigenvalue weighted by atomic mass is 9.91. The van der Waals surface area contributed by atoms with E-state index in [1.165, 1.54) is 18.7 Å². The van der Waals surface area contributed by atoms with Gasteiger partial charge in [-0.25, -0.2) is 4.79 Å². The van der Waals surface area contributed by atoms with Gasteiger partial charge in [-0.15, -0.1) is 0 Å². The van der Waals surface area contributed by atoms with Gasteiger partial charge >= 0.3 is 12.0 Å². The van der Waals surface area contributed by atoms with Gasteiger partial charge in [-0.05, 0) is 27.7 Å². The van der Waals surface area contributed by atoms with Crippen LogP contribution in [0.4, 0.5) is 4.79 Å². The summed E-state index contributed by atoms with van der Waals surface area (Å²) in [6, 6.07) is -0.538. The Morgan fingerprint density at radius 2 is 1.94 bits per heavy atom. The Morgan fingerprint density at radius 1 is 1.44 bits per heavy atom. The number of carbonyl (C=O) groups is 3. The molecule has 1 saturated heterocycles. The number of imide groups is 1. The smallest absolute Gasteiger partial charge is 0.325 e. The molecule has 1 rings (SSSR count). The van der Waals surface area contributed by atoms with Crippen LogP contribution < -0.4 is 5.32 Å². The second kappa shape index (κ2) is 3.47. The molecule has 0 aromatic rings. The van der Waals surface area contributed by atoms with E-state index in [2.05, 4.69) is 5.32 Å². The number of carbonyl (C=O) groups excluding carboxylic acids is 2. The van der Waals surface area contributed by atoms with Crippen LogP contribution in [-0.2, 0) is 9.59 Å². The van der Waals surface area contributed by atoms with E-state index in [1.807, 2.05) is 0 Å². The van der Waals surface area contributed by atoms with E-state index in [4.69, 9.17) is 5.11 Å². The summed E-state index contributed by atoms with van der Waals surface area (Å²) in [7, 11) is 0. The molecule has 0 unspecified atom stereocenters. The van der Waals surface area contributed by atoms with E-state index >= 15 is 0 Å². The molecular weight excluding hydrogens is 212 g/mol. The molecule has 1 aliphatic heterocycles. The number of rotatable bonds is 3. The van der Waals surface area contributed by atoms with Crippen molar-refractivity contribution in [2.45, 2.75) is 33.2 Å². The first-order valence-corrected chi connectivity index (χ1v) is 4.95. The molecule has 0 aliphatic carbocycles. The van der Waals surface area contributed by atoms with Gasteiger partial charge in [-0.1, -0.05) is 0 Å². The summed E-state index contributed by atoms with van der Waals surface area (Å²) in [4.78, 5) is 35.2. The van der Waals surface area contributed by atoms with Gasteiger partial charge in [0.05, 0.1) is 5.41 Å². The molecule has 6 heteroatoms. The first-order valence-electron chi connectivity index (χ1n) is 4.95. The normalized spacial score (nSPS) is 19.9. The van der Waals surface area contributed by atoms with Gasteiger partial charge < -0.3 is 10.0 Å². The van der Waals surface area contributed by atoms with Crippen LogP contribution in [0, 0.1) is 5.41 Å². The van der Waals surface area contributed by atoms with Gasteiger partial charge in [0.15, 0.2) is 0 Å². The van der Waals surface area contributed by atoms with E-state index in [-0.39, 0.29) is 6.54 Å². The van der Waals surface area contributed by atoms with Crippen molar-refractivity contribution in [2.75, 3.05) is 6.54 Å². The minimum atomic E-state index is -1.08. The molecule has 0 spiro atoms. The van der Waals surface area contributed by atoms with Gasteiger partial charge in [0.2, 0.25) is 0 Å². The molecule has 0 radical (unpaired) electrons. The number of urea groups is 1. The number of aliphatic carboxylic acids is 1. The molecule has 3 amide bonds. The van der Waals surface area contributed by atoms with E-state index < -0.39 is 28.9 Å². The lowest BCUT2D eigenvalue weighted by Gasteiger charge is -2.33. The second-order valence-corrected chi connectivity index (χ2v) is 5.09. The number of amides is 3. The quantitative estimate of drug-likeness (QED) is 0.686. The van der Waals surface area contributed by atoms with Crippen LogP contribution in [-0.4, -0.2) is 40.0 Å². The molecule has 1 fully saturated rings. The van der Waals surface area contributed by atoms with Crippen molar-refractivity contribution in [2.24, 2.45) is 5.41 Å². The van der Waals surface area contributed by atoms with Crippen LogP contribution >= 0.6 is 0 Å². The van der Waals surface area contributed by atoms with Crippen LogP contribution in [0.15, 0.2) is 0 Å². The van der Waals surface area contributed by atoms with Crippen LogP contribution in [0.5, 0.6) is 0 Å². The molecule has 1 heterocycles. The molecule has 2 N–H and O–H groups in total. The number of carboxylic acid groups (broad SMARTS) is 1. The average molecular weight is 228 g/mol. The Morgan fingerprint density at radius 3 is 2.25 bits per heavy atom. The van der Waals surface area contributed by atoms with Crippen molar-refractivity contribution in [3.05, 3.63) is 0 Å². The summed E-state index contributed by atoms with van der Waals surface area (Å²) in [5.41, 5.74) is -2.08. The third kappa shape index (κ3) is 1.87. The Bertz CT molecular complexity index is 360. The number of hydrogen-bond donors (Lipinski definition) is 2. The van der Waals surface area contributed by atoms with Crippen molar-refractivity contribution in [3.63, 3.8) is 0 Å². The highest BCUT2D eigenvalue weighted by molar-refractivity contribution is 6.06.